The molecule has 5 heteroatoms. The second kappa shape index (κ2) is 3.98. The summed E-state index contributed by atoms with van der Waals surface area (Å²) in [7, 11) is 0. The van der Waals surface area contributed by atoms with E-state index in [4.69, 9.17) is 0 Å². The summed E-state index contributed by atoms with van der Waals surface area (Å²) in [4.78, 5) is 19.9. The Morgan fingerprint density at radius 3 is 2.77 bits per heavy atom. The van der Waals surface area contributed by atoms with Crippen LogP contribution in [-0.4, -0.2) is 10.9 Å². The van der Waals surface area contributed by atoms with Crippen LogP contribution in [0.3, 0.4) is 0 Å². The molecule has 0 fully saturated rings. The van der Waals surface area contributed by atoms with Crippen LogP contribution in [0.1, 0.15) is 5.56 Å². The Hall–Kier alpha value is -1.45. The number of nitro groups is 1. The third-order valence-electron chi connectivity index (χ3n) is 1.40. The van der Waals surface area contributed by atoms with Gasteiger partial charge in [-0.1, -0.05) is 15.9 Å². The Morgan fingerprint density at radius 1 is 1.54 bits per heavy atom. The van der Waals surface area contributed by atoms with Crippen LogP contribution in [-0.2, 0) is 4.79 Å². The number of halogens is 1. The molecule has 0 saturated heterocycles. The van der Waals surface area contributed by atoms with Crippen molar-refractivity contribution in [2.75, 3.05) is 0 Å². The van der Waals surface area contributed by atoms with E-state index in [-0.39, 0.29) is 11.3 Å². The normalized spacial score (nSPS) is 9.00. The molecule has 0 aliphatic heterocycles. The molecule has 13 heavy (non-hydrogen) atoms. The van der Waals surface area contributed by atoms with Crippen molar-refractivity contribution in [2.45, 2.75) is 0 Å². The third-order valence-corrected chi connectivity index (χ3v) is 1.89. The first-order chi connectivity index (χ1) is 6.15. The molecule has 0 radical (unpaired) electrons. The zero-order valence-electron chi connectivity index (χ0n) is 6.36. The van der Waals surface area contributed by atoms with Gasteiger partial charge in [0.15, 0.2) is 0 Å². The van der Waals surface area contributed by atoms with E-state index in [2.05, 4.69) is 15.9 Å². The lowest BCUT2D eigenvalue weighted by Gasteiger charge is -1.95. The SMILES string of the molecule is O=C=Cc1cc(Br)ccc1[N+](=O)[O-]. The van der Waals surface area contributed by atoms with Crippen molar-refractivity contribution >= 4 is 33.6 Å². The maximum Gasteiger partial charge on any atom is 0.277 e. The summed E-state index contributed by atoms with van der Waals surface area (Å²) in [6, 6.07) is 4.36. The lowest BCUT2D eigenvalue weighted by molar-refractivity contribution is -0.385. The highest BCUT2D eigenvalue weighted by Gasteiger charge is 2.11. The van der Waals surface area contributed by atoms with Crippen molar-refractivity contribution in [3.05, 3.63) is 38.3 Å². The summed E-state index contributed by atoms with van der Waals surface area (Å²) >= 11 is 3.14. The predicted octanol–water partition coefficient (Wildman–Crippen LogP) is 2.20. The molecule has 0 unspecified atom stereocenters. The van der Waals surface area contributed by atoms with Gasteiger partial charge in [0.2, 0.25) is 0 Å². The average Bonchev–Trinajstić information content (AvgIpc) is 2.04. The Kier molecular flexibility index (Phi) is 2.95. The van der Waals surface area contributed by atoms with Crippen LogP contribution >= 0.6 is 15.9 Å². The average molecular weight is 242 g/mol. The molecular formula is C8H4BrNO3. The van der Waals surface area contributed by atoms with Crippen LogP contribution in [0.25, 0.3) is 6.08 Å². The van der Waals surface area contributed by atoms with Gasteiger partial charge in [0, 0.05) is 16.6 Å². The van der Waals surface area contributed by atoms with Crippen LogP contribution in [0.4, 0.5) is 5.69 Å². The lowest BCUT2D eigenvalue weighted by atomic mass is 10.2. The topological polar surface area (TPSA) is 60.2 Å². The van der Waals surface area contributed by atoms with Gasteiger partial charge >= 0.3 is 0 Å². The van der Waals surface area contributed by atoms with E-state index in [1.165, 1.54) is 18.1 Å². The van der Waals surface area contributed by atoms with E-state index in [1.807, 2.05) is 0 Å². The molecule has 0 spiro atoms. The van der Waals surface area contributed by atoms with Gasteiger partial charge in [-0.25, -0.2) is 4.79 Å². The van der Waals surface area contributed by atoms with Gasteiger partial charge in [-0.05, 0) is 12.1 Å². The van der Waals surface area contributed by atoms with Crippen LogP contribution in [0, 0.1) is 10.1 Å². The number of benzene rings is 1. The van der Waals surface area contributed by atoms with Crippen molar-refractivity contribution in [3.63, 3.8) is 0 Å². The number of nitro benzene ring substituents is 1. The van der Waals surface area contributed by atoms with Gasteiger partial charge in [-0.2, -0.15) is 0 Å². The smallest absolute Gasteiger partial charge is 0.258 e. The monoisotopic (exact) mass is 241 g/mol. The quantitative estimate of drug-likeness (QED) is 0.453. The predicted molar refractivity (Wildman–Crippen MR) is 51.0 cm³/mol. The highest BCUT2D eigenvalue weighted by atomic mass is 79.9. The summed E-state index contributed by atoms with van der Waals surface area (Å²) in [5, 5.41) is 10.4. The van der Waals surface area contributed by atoms with E-state index in [1.54, 1.807) is 6.07 Å². The van der Waals surface area contributed by atoms with Gasteiger partial charge in [0.25, 0.3) is 5.69 Å². The van der Waals surface area contributed by atoms with E-state index < -0.39 is 4.92 Å². The molecule has 0 aliphatic carbocycles. The molecule has 1 rings (SSSR count). The molecular weight excluding hydrogens is 238 g/mol. The summed E-state index contributed by atoms with van der Waals surface area (Å²) in [6.07, 6.45) is 1.03. The minimum absolute atomic E-state index is 0.105. The zero-order chi connectivity index (χ0) is 9.84. The summed E-state index contributed by atoms with van der Waals surface area (Å²) < 4.78 is 0.680. The largest absolute Gasteiger partial charge is 0.277 e. The molecule has 0 atom stereocenters. The molecule has 1 aromatic rings. The fourth-order valence-corrected chi connectivity index (χ4v) is 1.25. The number of hydrogen-bond acceptors (Lipinski definition) is 3. The Labute approximate surface area is 82.2 Å². The van der Waals surface area contributed by atoms with Gasteiger partial charge < -0.3 is 0 Å². The molecule has 4 nitrogen and oxygen atoms in total. The maximum atomic E-state index is 10.4. The number of carbonyl (C=O) groups excluding carboxylic acids is 1. The molecule has 0 N–H and O–H groups in total. The van der Waals surface area contributed by atoms with Gasteiger partial charge in [-0.3, -0.25) is 10.1 Å². The molecule has 0 amide bonds. The fraction of sp³-hybridized carbons (Fsp3) is 0. The first kappa shape index (κ1) is 9.64. The molecule has 0 heterocycles. The Bertz CT molecular complexity index is 396. The highest BCUT2D eigenvalue weighted by Crippen LogP contribution is 2.23. The van der Waals surface area contributed by atoms with Crippen molar-refractivity contribution in [1.29, 1.82) is 0 Å². The summed E-state index contributed by atoms with van der Waals surface area (Å²) in [5.41, 5.74) is 0.140. The van der Waals surface area contributed by atoms with Crippen molar-refractivity contribution in [3.8, 4) is 0 Å². The third kappa shape index (κ3) is 2.24. The minimum atomic E-state index is -0.546. The van der Waals surface area contributed by atoms with Crippen LogP contribution in [0.2, 0.25) is 0 Å². The maximum absolute atomic E-state index is 10.4. The van der Waals surface area contributed by atoms with Crippen LogP contribution in [0.15, 0.2) is 22.7 Å². The number of hydrogen-bond donors (Lipinski definition) is 0. The zero-order valence-corrected chi connectivity index (χ0v) is 7.95. The van der Waals surface area contributed by atoms with E-state index in [0.717, 1.165) is 6.08 Å². The van der Waals surface area contributed by atoms with Crippen LogP contribution in [0.5, 0.6) is 0 Å². The van der Waals surface area contributed by atoms with Gasteiger partial charge in [0.1, 0.15) is 5.94 Å². The highest BCUT2D eigenvalue weighted by molar-refractivity contribution is 9.10. The summed E-state index contributed by atoms with van der Waals surface area (Å²) in [6.45, 7) is 0. The standard InChI is InChI=1S/C8H4BrNO3/c9-7-1-2-8(10(12)13)6(5-7)3-4-11/h1-3,5H. The minimum Gasteiger partial charge on any atom is -0.258 e. The van der Waals surface area contributed by atoms with Gasteiger partial charge in [0.05, 0.1) is 10.5 Å². The Morgan fingerprint density at radius 2 is 2.23 bits per heavy atom. The number of nitrogens with zero attached hydrogens (tertiary/aromatic N) is 1. The van der Waals surface area contributed by atoms with E-state index in [0.29, 0.717) is 4.47 Å². The molecule has 0 bridgehead atoms. The molecule has 1 aromatic carbocycles. The first-order valence-electron chi connectivity index (χ1n) is 3.30. The first-order valence-corrected chi connectivity index (χ1v) is 4.09. The van der Waals surface area contributed by atoms with Gasteiger partial charge in [-0.15, -0.1) is 0 Å². The van der Waals surface area contributed by atoms with Crippen molar-refractivity contribution in [2.24, 2.45) is 0 Å². The van der Waals surface area contributed by atoms with Crippen LogP contribution < -0.4 is 0 Å². The second-order valence-corrected chi connectivity index (χ2v) is 3.14. The number of rotatable bonds is 2. The molecule has 0 saturated carbocycles. The second-order valence-electron chi connectivity index (χ2n) is 2.22. The molecule has 0 aromatic heterocycles. The molecule has 0 aliphatic rings. The van der Waals surface area contributed by atoms with Crippen molar-refractivity contribution in [1.82, 2.24) is 0 Å². The van der Waals surface area contributed by atoms with E-state index >= 15 is 0 Å². The summed E-state index contributed by atoms with van der Waals surface area (Å²) in [5.74, 6) is 1.51. The Balaban J connectivity index is 3.34. The fourth-order valence-electron chi connectivity index (χ4n) is 0.871. The molecule has 66 valence electrons. The lowest BCUT2D eigenvalue weighted by Crippen LogP contribution is -1.90. The van der Waals surface area contributed by atoms with E-state index in [9.17, 15) is 14.9 Å². The van der Waals surface area contributed by atoms with Crippen molar-refractivity contribution < 1.29 is 9.72 Å².